The predicted octanol–water partition coefficient (Wildman–Crippen LogP) is 1.09. The Hall–Kier alpha value is -0.480. The third-order valence-corrected chi connectivity index (χ3v) is 2.33. The van der Waals surface area contributed by atoms with E-state index >= 15 is 0 Å². The molecule has 0 aromatic heterocycles. The zero-order valence-electron chi connectivity index (χ0n) is 8.22. The van der Waals surface area contributed by atoms with Gasteiger partial charge in [-0.2, -0.15) is 0 Å². The Labute approximate surface area is 89.3 Å². The molecular formula is C9H17ClN2O2. The van der Waals surface area contributed by atoms with Crippen LogP contribution in [0.4, 0.5) is 4.79 Å². The van der Waals surface area contributed by atoms with Gasteiger partial charge in [0.25, 0.3) is 0 Å². The van der Waals surface area contributed by atoms with E-state index in [4.69, 9.17) is 16.3 Å². The average molecular weight is 221 g/mol. The maximum absolute atomic E-state index is 11.1. The SMILES string of the molecule is O=C(NCCCl)NCC1CCCCO1. The summed E-state index contributed by atoms with van der Waals surface area (Å²) in [6, 6.07) is -0.167. The molecular weight excluding hydrogens is 204 g/mol. The maximum Gasteiger partial charge on any atom is 0.314 e. The molecule has 82 valence electrons. The topological polar surface area (TPSA) is 50.4 Å². The number of halogens is 1. The van der Waals surface area contributed by atoms with Crippen LogP contribution in [-0.2, 0) is 4.74 Å². The van der Waals surface area contributed by atoms with Crippen LogP contribution < -0.4 is 10.6 Å². The summed E-state index contributed by atoms with van der Waals surface area (Å²) in [6.45, 7) is 1.91. The molecule has 0 radical (unpaired) electrons. The van der Waals surface area contributed by atoms with Gasteiger partial charge in [0.05, 0.1) is 6.10 Å². The molecule has 14 heavy (non-hydrogen) atoms. The minimum absolute atomic E-state index is 0.167. The molecule has 5 heteroatoms. The molecule has 0 bridgehead atoms. The molecule has 1 aliphatic rings. The molecule has 0 aromatic carbocycles. The van der Waals surface area contributed by atoms with E-state index in [-0.39, 0.29) is 12.1 Å². The third kappa shape index (κ3) is 4.67. The Balaban J connectivity index is 2.03. The Bertz CT molecular complexity index is 172. The van der Waals surface area contributed by atoms with E-state index < -0.39 is 0 Å². The van der Waals surface area contributed by atoms with Crippen molar-refractivity contribution in [1.82, 2.24) is 10.6 Å². The van der Waals surface area contributed by atoms with Crippen molar-refractivity contribution in [3.63, 3.8) is 0 Å². The number of ether oxygens (including phenoxy) is 1. The number of hydrogen-bond acceptors (Lipinski definition) is 2. The van der Waals surface area contributed by atoms with Crippen LogP contribution in [0.25, 0.3) is 0 Å². The molecule has 2 N–H and O–H groups in total. The number of alkyl halides is 1. The lowest BCUT2D eigenvalue weighted by molar-refractivity contribution is 0.0185. The second kappa shape index (κ2) is 6.90. The molecule has 2 amide bonds. The first-order chi connectivity index (χ1) is 6.83. The lowest BCUT2D eigenvalue weighted by Crippen LogP contribution is -2.41. The lowest BCUT2D eigenvalue weighted by atomic mass is 10.1. The van der Waals surface area contributed by atoms with Crippen LogP contribution in [0.5, 0.6) is 0 Å². The van der Waals surface area contributed by atoms with E-state index in [2.05, 4.69) is 10.6 Å². The van der Waals surface area contributed by atoms with Crippen LogP contribution in [0.1, 0.15) is 19.3 Å². The summed E-state index contributed by atoms with van der Waals surface area (Å²) in [6.07, 6.45) is 3.55. The van der Waals surface area contributed by atoms with Crippen molar-refractivity contribution in [3.05, 3.63) is 0 Å². The first kappa shape index (κ1) is 11.6. The third-order valence-electron chi connectivity index (χ3n) is 2.14. The highest BCUT2D eigenvalue weighted by Gasteiger charge is 2.14. The minimum atomic E-state index is -0.167. The molecule has 1 saturated heterocycles. The summed E-state index contributed by atoms with van der Waals surface area (Å²) >= 11 is 5.43. The van der Waals surface area contributed by atoms with Crippen molar-refractivity contribution in [1.29, 1.82) is 0 Å². The van der Waals surface area contributed by atoms with Crippen LogP contribution in [0, 0.1) is 0 Å². The highest BCUT2D eigenvalue weighted by atomic mass is 35.5. The van der Waals surface area contributed by atoms with Crippen molar-refractivity contribution in [2.75, 3.05) is 25.6 Å². The van der Waals surface area contributed by atoms with Gasteiger partial charge >= 0.3 is 6.03 Å². The van der Waals surface area contributed by atoms with E-state index in [0.29, 0.717) is 19.0 Å². The number of hydrogen-bond donors (Lipinski definition) is 2. The van der Waals surface area contributed by atoms with E-state index in [0.717, 1.165) is 19.4 Å². The van der Waals surface area contributed by atoms with E-state index in [1.54, 1.807) is 0 Å². The fourth-order valence-corrected chi connectivity index (χ4v) is 1.49. The van der Waals surface area contributed by atoms with Crippen LogP contribution in [0.15, 0.2) is 0 Å². The monoisotopic (exact) mass is 220 g/mol. The number of nitrogens with one attached hydrogen (secondary N) is 2. The fourth-order valence-electron chi connectivity index (χ4n) is 1.40. The molecule has 0 aromatic rings. The largest absolute Gasteiger partial charge is 0.376 e. The first-order valence-electron chi connectivity index (χ1n) is 5.02. The number of urea groups is 1. The molecule has 1 unspecified atom stereocenters. The summed E-state index contributed by atoms with van der Waals surface area (Å²) in [5, 5.41) is 5.39. The quantitative estimate of drug-likeness (QED) is 0.697. The molecule has 1 atom stereocenters. The van der Waals surface area contributed by atoms with Gasteiger partial charge in [-0.05, 0) is 19.3 Å². The number of amides is 2. The van der Waals surface area contributed by atoms with Crippen LogP contribution in [0.3, 0.4) is 0 Å². The summed E-state index contributed by atoms with van der Waals surface area (Å²) in [4.78, 5) is 11.1. The highest BCUT2D eigenvalue weighted by Crippen LogP contribution is 2.11. The molecule has 1 rings (SSSR count). The van der Waals surface area contributed by atoms with Crippen molar-refractivity contribution >= 4 is 17.6 Å². The number of carbonyl (C=O) groups is 1. The van der Waals surface area contributed by atoms with Gasteiger partial charge in [-0.3, -0.25) is 0 Å². The molecule has 1 fully saturated rings. The lowest BCUT2D eigenvalue weighted by Gasteiger charge is -2.22. The zero-order chi connectivity index (χ0) is 10.2. The standard InChI is InChI=1S/C9H17ClN2O2/c10-4-5-11-9(13)12-7-8-3-1-2-6-14-8/h8H,1-7H2,(H2,11,12,13). The smallest absolute Gasteiger partial charge is 0.314 e. The second-order valence-electron chi connectivity index (χ2n) is 3.31. The first-order valence-corrected chi connectivity index (χ1v) is 5.55. The molecule has 4 nitrogen and oxygen atoms in total. The van der Waals surface area contributed by atoms with Gasteiger partial charge in [0.15, 0.2) is 0 Å². The number of rotatable bonds is 4. The summed E-state index contributed by atoms with van der Waals surface area (Å²) in [5.74, 6) is 0.438. The molecule has 0 saturated carbocycles. The summed E-state index contributed by atoms with van der Waals surface area (Å²) < 4.78 is 5.46. The second-order valence-corrected chi connectivity index (χ2v) is 3.69. The van der Waals surface area contributed by atoms with Gasteiger partial charge in [-0.15, -0.1) is 11.6 Å². The predicted molar refractivity (Wildman–Crippen MR) is 55.7 cm³/mol. The zero-order valence-corrected chi connectivity index (χ0v) is 8.98. The van der Waals surface area contributed by atoms with E-state index in [9.17, 15) is 4.79 Å². The molecule has 1 heterocycles. The van der Waals surface area contributed by atoms with Crippen LogP contribution in [-0.4, -0.2) is 37.7 Å². The van der Waals surface area contributed by atoms with Gasteiger partial charge in [0.2, 0.25) is 0 Å². The normalized spacial score (nSPS) is 21.6. The minimum Gasteiger partial charge on any atom is -0.376 e. The van der Waals surface area contributed by atoms with Gasteiger partial charge in [0, 0.05) is 25.6 Å². The fraction of sp³-hybridized carbons (Fsp3) is 0.889. The van der Waals surface area contributed by atoms with Crippen molar-refractivity contribution in [3.8, 4) is 0 Å². The van der Waals surface area contributed by atoms with Crippen molar-refractivity contribution < 1.29 is 9.53 Å². The Kier molecular flexibility index (Phi) is 5.71. The van der Waals surface area contributed by atoms with Crippen molar-refractivity contribution in [2.45, 2.75) is 25.4 Å². The highest BCUT2D eigenvalue weighted by molar-refractivity contribution is 6.18. The molecule has 0 spiro atoms. The van der Waals surface area contributed by atoms with Gasteiger partial charge in [-0.1, -0.05) is 0 Å². The van der Waals surface area contributed by atoms with Crippen LogP contribution >= 0.6 is 11.6 Å². The van der Waals surface area contributed by atoms with E-state index in [1.165, 1.54) is 6.42 Å². The summed E-state index contributed by atoms with van der Waals surface area (Å²) in [5.41, 5.74) is 0. The maximum atomic E-state index is 11.1. The van der Waals surface area contributed by atoms with Gasteiger partial charge in [0.1, 0.15) is 0 Å². The Morgan fingerprint density at radius 1 is 1.43 bits per heavy atom. The Morgan fingerprint density at radius 2 is 2.29 bits per heavy atom. The van der Waals surface area contributed by atoms with E-state index in [1.807, 2.05) is 0 Å². The Morgan fingerprint density at radius 3 is 2.93 bits per heavy atom. The average Bonchev–Trinajstić information content (AvgIpc) is 2.25. The summed E-state index contributed by atoms with van der Waals surface area (Å²) in [7, 11) is 0. The molecule has 1 aliphatic heterocycles. The van der Waals surface area contributed by atoms with Gasteiger partial charge in [-0.25, -0.2) is 4.79 Å². The van der Waals surface area contributed by atoms with Crippen molar-refractivity contribution in [2.24, 2.45) is 0 Å². The molecule has 0 aliphatic carbocycles. The van der Waals surface area contributed by atoms with Gasteiger partial charge < -0.3 is 15.4 Å². The van der Waals surface area contributed by atoms with Crippen LogP contribution in [0.2, 0.25) is 0 Å². The number of carbonyl (C=O) groups excluding carboxylic acids is 1.